The minimum absolute atomic E-state index is 0.496. The van der Waals surface area contributed by atoms with Gasteiger partial charge in [-0.15, -0.1) is 0 Å². The van der Waals surface area contributed by atoms with Gasteiger partial charge >= 0.3 is 0 Å². The van der Waals surface area contributed by atoms with E-state index in [9.17, 15) is 0 Å². The number of aryl methyl sites for hydroxylation is 1. The normalized spacial score (nSPS) is 14.9. The summed E-state index contributed by atoms with van der Waals surface area (Å²) in [6.45, 7) is 2.53. The Morgan fingerprint density at radius 1 is 1.00 bits per heavy atom. The molecule has 5 rings (SSSR count). The number of nitrogens with zero attached hydrogens (tertiary/aromatic N) is 1. The van der Waals surface area contributed by atoms with E-state index < -0.39 is 0 Å². The van der Waals surface area contributed by atoms with E-state index in [0.29, 0.717) is 6.61 Å². The lowest BCUT2D eigenvalue weighted by Gasteiger charge is -2.03. The predicted molar refractivity (Wildman–Crippen MR) is 119 cm³/mol. The topological polar surface area (TPSA) is 79.2 Å². The Bertz CT molecular complexity index is 1460. The summed E-state index contributed by atoms with van der Waals surface area (Å²) < 4.78 is 6.17. The van der Waals surface area contributed by atoms with Crippen molar-refractivity contribution in [2.24, 2.45) is 4.99 Å². The van der Waals surface area contributed by atoms with Crippen molar-refractivity contribution in [2.75, 3.05) is 5.73 Å². The number of H-pyrrole nitrogens is 2. The van der Waals surface area contributed by atoms with Crippen molar-refractivity contribution in [1.29, 1.82) is 0 Å². The summed E-state index contributed by atoms with van der Waals surface area (Å²) in [5.41, 5.74) is 10.8. The van der Waals surface area contributed by atoms with Crippen LogP contribution < -0.4 is 31.7 Å². The van der Waals surface area contributed by atoms with Crippen LogP contribution in [0.3, 0.4) is 0 Å². The van der Waals surface area contributed by atoms with Crippen molar-refractivity contribution < 1.29 is 4.74 Å². The average molecular weight is 394 g/mol. The van der Waals surface area contributed by atoms with E-state index >= 15 is 0 Å². The van der Waals surface area contributed by atoms with E-state index in [1.807, 2.05) is 55.5 Å². The second-order valence-electron chi connectivity index (χ2n) is 7.44. The maximum absolute atomic E-state index is 6.17. The van der Waals surface area contributed by atoms with Gasteiger partial charge in [-0.25, -0.2) is 4.99 Å². The molecular weight excluding hydrogens is 372 g/mol. The first-order valence-corrected chi connectivity index (χ1v) is 9.87. The molecule has 4 N–H and O–H groups in total. The van der Waals surface area contributed by atoms with Crippen molar-refractivity contribution in [3.8, 4) is 5.75 Å². The molecule has 0 saturated carbocycles. The van der Waals surface area contributed by atoms with Crippen molar-refractivity contribution in [3.05, 3.63) is 105 Å². The number of aromatic nitrogens is 2. The van der Waals surface area contributed by atoms with Gasteiger partial charge in [0.15, 0.2) is 0 Å². The zero-order valence-corrected chi connectivity index (χ0v) is 16.6. The number of aromatic amines is 2. The smallest absolute Gasteiger partial charge is 0.145 e. The molecule has 0 spiro atoms. The zero-order valence-electron chi connectivity index (χ0n) is 16.6. The molecule has 0 amide bonds. The summed E-state index contributed by atoms with van der Waals surface area (Å²) in [7, 11) is 0. The molecule has 5 nitrogen and oxygen atoms in total. The molecule has 3 heterocycles. The molecule has 2 aromatic heterocycles. The van der Waals surface area contributed by atoms with Gasteiger partial charge in [-0.05, 0) is 55.0 Å². The van der Waals surface area contributed by atoms with Crippen LogP contribution in [0.15, 0.2) is 71.7 Å². The predicted octanol–water partition coefficient (Wildman–Crippen LogP) is 1.86. The van der Waals surface area contributed by atoms with E-state index in [4.69, 9.17) is 15.5 Å². The van der Waals surface area contributed by atoms with Crippen LogP contribution in [0, 0.1) is 6.92 Å². The number of rotatable bonds is 4. The number of nitrogen functional groups attached to an aromatic ring is 1. The summed E-state index contributed by atoms with van der Waals surface area (Å²) in [5.74, 6) is 0.785. The molecule has 30 heavy (non-hydrogen) atoms. The van der Waals surface area contributed by atoms with Gasteiger partial charge in [0.1, 0.15) is 12.4 Å². The lowest BCUT2D eigenvalue weighted by atomic mass is 10.2. The van der Waals surface area contributed by atoms with Gasteiger partial charge in [0, 0.05) is 28.4 Å². The van der Waals surface area contributed by atoms with Gasteiger partial charge < -0.3 is 20.4 Å². The first-order valence-electron chi connectivity index (χ1n) is 9.87. The van der Waals surface area contributed by atoms with Crippen molar-refractivity contribution in [2.45, 2.75) is 13.5 Å². The second kappa shape index (κ2) is 7.44. The Hall–Kier alpha value is -3.99. The molecule has 4 aromatic rings. The number of ether oxygens (including phenoxy) is 1. The molecular formula is C25H22N4O. The van der Waals surface area contributed by atoms with Gasteiger partial charge in [0.25, 0.3) is 0 Å². The molecule has 1 aliphatic heterocycles. The number of benzene rings is 2. The summed E-state index contributed by atoms with van der Waals surface area (Å²) >= 11 is 0. The Balaban J connectivity index is 1.60. The van der Waals surface area contributed by atoms with Gasteiger partial charge in [-0.1, -0.05) is 30.3 Å². The Morgan fingerprint density at radius 3 is 2.67 bits per heavy atom. The largest absolute Gasteiger partial charge is 0.487 e. The number of hydrogen-bond acceptors (Lipinski definition) is 3. The van der Waals surface area contributed by atoms with Gasteiger partial charge in [0.05, 0.1) is 21.8 Å². The highest BCUT2D eigenvalue weighted by Gasteiger charge is 2.07. The highest BCUT2D eigenvalue weighted by Crippen LogP contribution is 2.09. The molecule has 0 fully saturated rings. The lowest BCUT2D eigenvalue weighted by molar-refractivity contribution is 0.304. The number of nitrogens with two attached hydrogens (primary N) is 1. The lowest BCUT2D eigenvalue weighted by Crippen LogP contribution is -2.20. The third kappa shape index (κ3) is 3.65. The molecule has 0 radical (unpaired) electrons. The third-order valence-corrected chi connectivity index (χ3v) is 5.06. The zero-order chi connectivity index (χ0) is 20.5. The van der Waals surface area contributed by atoms with Gasteiger partial charge in [-0.2, -0.15) is 0 Å². The number of nitrogens with one attached hydrogen (secondary N) is 2. The maximum Gasteiger partial charge on any atom is 0.145 e. The van der Waals surface area contributed by atoms with Crippen LogP contribution in [0.25, 0.3) is 17.8 Å². The van der Waals surface area contributed by atoms with E-state index in [2.05, 4.69) is 40.3 Å². The minimum Gasteiger partial charge on any atom is -0.487 e. The van der Waals surface area contributed by atoms with E-state index in [1.165, 1.54) is 0 Å². The molecule has 0 aliphatic carbocycles. The Labute approximate surface area is 173 Å². The average Bonchev–Trinajstić information content (AvgIpc) is 3.45. The molecule has 2 aromatic carbocycles. The van der Waals surface area contributed by atoms with Crippen molar-refractivity contribution in [1.82, 2.24) is 9.97 Å². The number of anilines is 1. The van der Waals surface area contributed by atoms with Gasteiger partial charge in [-0.3, -0.25) is 0 Å². The number of hydrogen-bond donors (Lipinski definition) is 3. The molecule has 0 saturated heterocycles. The highest BCUT2D eigenvalue weighted by atomic mass is 16.5. The molecule has 0 bridgehead atoms. The van der Waals surface area contributed by atoms with E-state index in [0.717, 1.165) is 55.4 Å². The monoisotopic (exact) mass is 394 g/mol. The first-order chi connectivity index (χ1) is 14.6. The fourth-order valence-corrected chi connectivity index (χ4v) is 3.55. The number of fused-ring (bicyclic) bond motifs is 1. The maximum atomic E-state index is 6.17. The van der Waals surface area contributed by atoms with Crippen LogP contribution >= 0.6 is 0 Å². The second-order valence-corrected chi connectivity index (χ2v) is 7.44. The fraction of sp³-hybridized carbons (Fsp3) is 0.0800. The molecule has 1 aliphatic rings. The molecule has 0 atom stereocenters. The first kappa shape index (κ1) is 18.1. The van der Waals surface area contributed by atoms with Crippen molar-refractivity contribution >= 4 is 23.5 Å². The standard InChI is InChI=1S/C25H22N4O/c1-16-7-9-20(27-16)13-24-25(30-15-17-5-3-2-4-6-17)14-23(29-24)22-12-18-11-19(26)8-10-21(18)28-22/h2-14,27,29H,15,26H2,1H3. The van der Waals surface area contributed by atoms with E-state index in [1.54, 1.807) is 0 Å². The summed E-state index contributed by atoms with van der Waals surface area (Å²) in [6.07, 6.45) is 4.10. The van der Waals surface area contributed by atoms with Crippen LogP contribution in [0.5, 0.6) is 5.75 Å². The Morgan fingerprint density at radius 2 is 1.87 bits per heavy atom. The molecule has 5 heteroatoms. The van der Waals surface area contributed by atoms with Crippen LogP contribution in [-0.2, 0) is 6.61 Å². The quantitative estimate of drug-likeness (QED) is 0.462. The van der Waals surface area contributed by atoms with E-state index in [-0.39, 0.29) is 0 Å². The molecule has 148 valence electrons. The fourth-order valence-electron chi connectivity index (χ4n) is 3.55. The van der Waals surface area contributed by atoms with Crippen LogP contribution in [0.2, 0.25) is 0 Å². The van der Waals surface area contributed by atoms with Gasteiger partial charge in [0.2, 0.25) is 0 Å². The Kier molecular flexibility index (Phi) is 4.48. The van der Waals surface area contributed by atoms with Crippen LogP contribution in [0.4, 0.5) is 5.69 Å². The third-order valence-electron chi connectivity index (χ3n) is 5.06. The SMILES string of the molecule is Cc1ccc(C=c2[nH]c(=C3C=c4cc(N)ccc4=N3)cc2OCc2ccccc2)[nH]1. The van der Waals surface area contributed by atoms with Crippen LogP contribution in [-0.4, -0.2) is 9.97 Å². The minimum atomic E-state index is 0.496. The summed E-state index contributed by atoms with van der Waals surface area (Å²) in [5, 5.41) is 3.75. The molecule has 0 unspecified atom stereocenters. The summed E-state index contributed by atoms with van der Waals surface area (Å²) in [6, 6.07) is 22.0. The van der Waals surface area contributed by atoms with Crippen molar-refractivity contribution in [3.63, 3.8) is 0 Å². The van der Waals surface area contributed by atoms with Crippen LogP contribution in [0.1, 0.15) is 17.0 Å². The summed E-state index contributed by atoms with van der Waals surface area (Å²) in [4.78, 5) is 11.6. The highest BCUT2D eigenvalue weighted by molar-refractivity contribution is 5.77.